The predicted octanol–water partition coefficient (Wildman–Crippen LogP) is 3.05. The van der Waals surface area contributed by atoms with Crippen LogP contribution in [-0.4, -0.2) is 51.5 Å². The lowest BCUT2D eigenvalue weighted by atomic mass is 9.97. The van der Waals surface area contributed by atoms with Crippen LogP contribution in [0.4, 0.5) is 5.69 Å². The number of amides is 1. The Morgan fingerprint density at radius 2 is 1.90 bits per heavy atom. The van der Waals surface area contributed by atoms with Crippen LogP contribution in [0.25, 0.3) is 0 Å². The number of nitrogens with one attached hydrogen (secondary N) is 1. The van der Waals surface area contributed by atoms with Gasteiger partial charge in [-0.3, -0.25) is 9.52 Å². The third-order valence-electron chi connectivity index (χ3n) is 5.64. The van der Waals surface area contributed by atoms with Gasteiger partial charge in [-0.25, -0.2) is 13.2 Å². The number of nitrogens with zero attached hydrogens (tertiary/aromatic N) is 1. The molecule has 2 aliphatic rings. The summed E-state index contributed by atoms with van der Waals surface area (Å²) >= 11 is 0. The molecule has 4 rings (SSSR count). The van der Waals surface area contributed by atoms with E-state index in [1.54, 1.807) is 12.1 Å². The first-order valence-corrected chi connectivity index (χ1v) is 11.7. The van der Waals surface area contributed by atoms with Gasteiger partial charge in [-0.2, -0.15) is 0 Å². The number of esters is 1. The van der Waals surface area contributed by atoms with Crippen molar-refractivity contribution >= 4 is 27.6 Å². The lowest BCUT2D eigenvalue weighted by Crippen LogP contribution is -2.45. The van der Waals surface area contributed by atoms with E-state index in [9.17, 15) is 18.0 Å². The van der Waals surface area contributed by atoms with Crippen molar-refractivity contribution in [1.29, 1.82) is 0 Å². The Morgan fingerprint density at radius 3 is 2.65 bits per heavy atom. The van der Waals surface area contributed by atoms with Crippen LogP contribution in [0, 0.1) is 0 Å². The van der Waals surface area contributed by atoms with E-state index < -0.39 is 16.0 Å². The zero-order valence-corrected chi connectivity index (χ0v) is 18.0. The van der Waals surface area contributed by atoms with Gasteiger partial charge in [0.15, 0.2) is 0 Å². The molecule has 0 bridgehead atoms. The van der Waals surface area contributed by atoms with E-state index >= 15 is 0 Å². The van der Waals surface area contributed by atoms with E-state index in [1.807, 2.05) is 4.90 Å². The van der Waals surface area contributed by atoms with Crippen LogP contribution in [0.3, 0.4) is 0 Å². The molecule has 31 heavy (non-hydrogen) atoms. The van der Waals surface area contributed by atoms with Crippen molar-refractivity contribution in [2.75, 3.05) is 25.0 Å². The summed E-state index contributed by atoms with van der Waals surface area (Å²) in [7, 11) is -2.66. The van der Waals surface area contributed by atoms with Crippen molar-refractivity contribution < 1.29 is 27.5 Å². The van der Waals surface area contributed by atoms with Gasteiger partial charge in [-0.05, 0) is 61.7 Å². The van der Waals surface area contributed by atoms with Crippen LogP contribution in [-0.2, 0) is 14.8 Å². The molecule has 0 spiro atoms. The maximum Gasteiger partial charge on any atom is 0.337 e. The van der Waals surface area contributed by atoms with Crippen molar-refractivity contribution in [2.24, 2.45) is 0 Å². The van der Waals surface area contributed by atoms with Crippen molar-refractivity contribution in [2.45, 2.75) is 36.6 Å². The largest absolute Gasteiger partial charge is 0.493 e. The monoisotopic (exact) mass is 444 g/mol. The summed E-state index contributed by atoms with van der Waals surface area (Å²) in [5, 5.41) is 0. The highest BCUT2D eigenvalue weighted by Crippen LogP contribution is 2.31. The minimum atomic E-state index is -3.91. The zero-order valence-electron chi connectivity index (χ0n) is 17.2. The number of anilines is 1. The molecular weight excluding hydrogens is 420 g/mol. The van der Waals surface area contributed by atoms with Gasteiger partial charge in [0, 0.05) is 24.7 Å². The Balaban J connectivity index is 1.59. The molecule has 1 N–H and O–H groups in total. The van der Waals surface area contributed by atoms with E-state index in [-0.39, 0.29) is 28.1 Å². The molecule has 2 aromatic rings. The van der Waals surface area contributed by atoms with Gasteiger partial charge in [-0.15, -0.1) is 0 Å². The molecule has 1 amide bonds. The maximum absolute atomic E-state index is 13.2. The summed E-state index contributed by atoms with van der Waals surface area (Å²) < 4.78 is 38.5. The Labute approximate surface area is 181 Å². The first-order chi connectivity index (χ1) is 14.9. The molecule has 1 fully saturated rings. The third-order valence-corrected chi connectivity index (χ3v) is 7.04. The second-order valence-corrected chi connectivity index (χ2v) is 9.30. The number of carbonyl (C=O) groups excluding carboxylic acids is 2. The van der Waals surface area contributed by atoms with Gasteiger partial charge in [0.2, 0.25) is 0 Å². The van der Waals surface area contributed by atoms with Crippen LogP contribution in [0.5, 0.6) is 5.75 Å². The average Bonchev–Trinajstić information content (AvgIpc) is 2.78. The van der Waals surface area contributed by atoms with Gasteiger partial charge in [0.25, 0.3) is 15.9 Å². The number of hydrogen-bond acceptors (Lipinski definition) is 6. The number of fused-ring (bicyclic) bond motifs is 2. The van der Waals surface area contributed by atoms with Crippen LogP contribution >= 0.6 is 0 Å². The highest BCUT2D eigenvalue weighted by atomic mass is 32.2. The fraction of sp³-hybridized carbons (Fsp3) is 0.364. The Morgan fingerprint density at radius 1 is 1.13 bits per heavy atom. The van der Waals surface area contributed by atoms with Gasteiger partial charge < -0.3 is 14.4 Å². The lowest BCUT2D eigenvalue weighted by molar-refractivity contribution is 0.0547. The molecule has 8 nitrogen and oxygen atoms in total. The Bertz CT molecular complexity index is 1100. The third kappa shape index (κ3) is 4.36. The molecule has 0 radical (unpaired) electrons. The number of methoxy groups -OCH3 is 1. The first kappa shape index (κ1) is 21.2. The van der Waals surface area contributed by atoms with Crippen LogP contribution in [0.1, 0.15) is 46.4 Å². The van der Waals surface area contributed by atoms with Crippen LogP contribution < -0.4 is 9.46 Å². The topological polar surface area (TPSA) is 102 Å². The average molecular weight is 445 g/mol. The summed E-state index contributed by atoms with van der Waals surface area (Å²) in [6, 6.07) is 10.3. The van der Waals surface area contributed by atoms with Crippen molar-refractivity contribution in [3.05, 3.63) is 53.6 Å². The summed E-state index contributed by atoms with van der Waals surface area (Å²) in [5.74, 6) is -0.226. The minimum Gasteiger partial charge on any atom is -0.493 e. The highest BCUT2D eigenvalue weighted by Gasteiger charge is 2.31. The normalized spacial score (nSPS) is 18.7. The van der Waals surface area contributed by atoms with Crippen molar-refractivity contribution in [3.63, 3.8) is 0 Å². The van der Waals surface area contributed by atoms with Crippen LogP contribution in [0.15, 0.2) is 47.4 Å². The van der Waals surface area contributed by atoms with E-state index in [0.717, 1.165) is 25.7 Å². The number of ether oxygens (including phenoxy) is 2. The van der Waals surface area contributed by atoms with E-state index in [1.165, 1.54) is 37.4 Å². The maximum atomic E-state index is 13.2. The van der Waals surface area contributed by atoms with Crippen LogP contribution in [0.2, 0.25) is 0 Å². The van der Waals surface area contributed by atoms with E-state index in [2.05, 4.69) is 9.46 Å². The van der Waals surface area contributed by atoms with Gasteiger partial charge in [0.05, 0.1) is 29.7 Å². The molecule has 0 saturated carbocycles. The Hall–Kier alpha value is -3.07. The highest BCUT2D eigenvalue weighted by molar-refractivity contribution is 7.92. The fourth-order valence-electron chi connectivity index (χ4n) is 4.02. The molecule has 0 aliphatic carbocycles. The summed E-state index contributed by atoms with van der Waals surface area (Å²) in [6.07, 6.45) is 3.81. The molecule has 1 atom stereocenters. The molecule has 2 aromatic carbocycles. The number of sulfonamides is 1. The van der Waals surface area contributed by atoms with Crippen molar-refractivity contribution in [3.8, 4) is 5.75 Å². The number of piperidine rings is 1. The SMILES string of the molecule is COC(=O)c1ccc(S(=O)(=O)Nc2ccc3c(c2)C(=O)N2CCCC[C@H]2CCO3)cc1. The molecule has 2 heterocycles. The molecule has 164 valence electrons. The molecule has 9 heteroatoms. The number of rotatable bonds is 4. The molecule has 1 saturated heterocycles. The summed E-state index contributed by atoms with van der Waals surface area (Å²) in [5.41, 5.74) is 0.871. The Kier molecular flexibility index (Phi) is 5.86. The predicted molar refractivity (Wildman–Crippen MR) is 114 cm³/mol. The second-order valence-electron chi connectivity index (χ2n) is 7.62. The molecule has 0 aromatic heterocycles. The number of benzene rings is 2. The quantitative estimate of drug-likeness (QED) is 0.728. The fourth-order valence-corrected chi connectivity index (χ4v) is 5.07. The van der Waals surface area contributed by atoms with Gasteiger partial charge >= 0.3 is 5.97 Å². The van der Waals surface area contributed by atoms with Crippen molar-refractivity contribution in [1.82, 2.24) is 4.90 Å². The number of carbonyl (C=O) groups is 2. The lowest BCUT2D eigenvalue weighted by Gasteiger charge is -2.37. The van der Waals surface area contributed by atoms with Gasteiger partial charge in [-0.1, -0.05) is 0 Å². The standard InChI is InChI=1S/C22H24N2O6S/c1-29-22(26)15-5-8-18(9-6-15)31(27,28)23-16-7-10-20-19(14-16)21(25)24-12-3-2-4-17(24)11-13-30-20/h5-10,14,17,23H,2-4,11-13H2,1H3/t17-/m0/s1. The van der Waals surface area contributed by atoms with Gasteiger partial charge in [0.1, 0.15) is 5.75 Å². The second kappa shape index (κ2) is 8.58. The summed E-state index contributed by atoms with van der Waals surface area (Å²) in [4.78, 5) is 26.6. The van der Waals surface area contributed by atoms with E-state index in [0.29, 0.717) is 24.5 Å². The smallest absolute Gasteiger partial charge is 0.337 e. The van der Waals surface area contributed by atoms with E-state index in [4.69, 9.17) is 4.74 Å². The zero-order chi connectivity index (χ0) is 22.0. The molecular formula is C22H24N2O6S. The minimum absolute atomic E-state index is 0.00873. The summed E-state index contributed by atoms with van der Waals surface area (Å²) in [6.45, 7) is 1.21. The molecule has 0 unspecified atom stereocenters. The first-order valence-electron chi connectivity index (χ1n) is 10.2. The number of hydrogen-bond donors (Lipinski definition) is 1. The molecule has 2 aliphatic heterocycles.